The smallest absolute Gasteiger partial charge is 0.407 e. The van der Waals surface area contributed by atoms with Crippen molar-refractivity contribution in [2.45, 2.75) is 72.1 Å². The van der Waals surface area contributed by atoms with Crippen molar-refractivity contribution in [1.82, 2.24) is 24.3 Å². The summed E-state index contributed by atoms with van der Waals surface area (Å²) in [6.07, 6.45) is 1.99. The minimum absolute atomic E-state index is 0.0304. The topological polar surface area (TPSA) is 81.4 Å². The van der Waals surface area contributed by atoms with Crippen molar-refractivity contribution < 1.29 is 14.3 Å². The summed E-state index contributed by atoms with van der Waals surface area (Å²) < 4.78 is 9.87. The minimum Gasteiger partial charge on any atom is -0.444 e. The minimum atomic E-state index is -0.562. The third-order valence-corrected chi connectivity index (χ3v) is 7.46. The zero-order valence-corrected chi connectivity index (χ0v) is 23.9. The molecule has 1 atom stereocenters. The fourth-order valence-electron chi connectivity index (χ4n) is 5.74. The zero-order valence-electron chi connectivity index (χ0n) is 23.9. The molecule has 3 heterocycles. The summed E-state index contributed by atoms with van der Waals surface area (Å²) in [6, 6.07) is 14.4. The second-order valence-corrected chi connectivity index (χ2v) is 11.4. The Labute approximate surface area is 229 Å². The molecular weight excluding hydrogens is 490 g/mol. The van der Waals surface area contributed by atoms with Crippen LogP contribution in [0.5, 0.6) is 0 Å². The molecule has 0 spiro atoms. The average molecular weight is 530 g/mol. The fraction of sp³-hybridized carbons (Fsp3) is 0.452. The first-order chi connectivity index (χ1) is 18.6. The summed E-state index contributed by atoms with van der Waals surface area (Å²) in [5.74, 6) is 0.860. The van der Waals surface area contributed by atoms with Crippen molar-refractivity contribution in [3.63, 3.8) is 0 Å². The highest BCUT2D eigenvalue weighted by Crippen LogP contribution is 2.32. The quantitative estimate of drug-likeness (QED) is 0.349. The summed E-state index contributed by atoms with van der Waals surface area (Å²) in [7, 11) is 2.06. The number of ether oxygens (including phenoxy) is 1. The maximum absolute atomic E-state index is 13.7. The fourth-order valence-corrected chi connectivity index (χ4v) is 5.74. The van der Waals surface area contributed by atoms with Gasteiger partial charge < -0.3 is 24.1 Å². The summed E-state index contributed by atoms with van der Waals surface area (Å²) in [6.45, 7) is 11.7. The van der Waals surface area contributed by atoms with E-state index in [0.29, 0.717) is 18.7 Å². The lowest BCUT2D eigenvalue weighted by atomic mass is 10.0. The van der Waals surface area contributed by atoms with Crippen molar-refractivity contribution in [1.29, 1.82) is 0 Å². The van der Waals surface area contributed by atoms with E-state index in [1.807, 2.05) is 37.8 Å². The predicted molar refractivity (Wildman–Crippen MR) is 155 cm³/mol. The monoisotopic (exact) mass is 529 g/mol. The Kier molecular flexibility index (Phi) is 7.14. The van der Waals surface area contributed by atoms with Crippen molar-refractivity contribution >= 4 is 33.9 Å². The maximum atomic E-state index is 13.7. The number of benzene rings is 2. The molecule has 0 radical (unpaired) electrons. The number of carbonyl (C=O) groups is 2. The number of alkyl carbamates (subject to hydrolysis) is 1. The molecule has 2 aromatic heterocycles. The van der Waals surface area contributed by atoms with Gasteiger partial charge in [-0.3, -0.25) is 4.79 Å². The van der Waals surface area contributed by atoms with Gasteiger partial charge in [-0.25, -0.2) is 9.78 Å². The standard InChI is InChI=1S/C31H39N5O3/c1-7-20-16-22(29(37)35-15-11-13-23(19-35)32-30(38)39-31(3,4)5)17-24-27(20)34(6)28(33-24)26-18-21-12-9-10-14-25(21)36(26)8-2/h9-10,12,14,16-18,23H,7-8,11,13,15,19H2,1-6H3,(H,32,38)/t23-/m1/s1. The molecule has 0 saturated carbocycles. The van der Waals surface area contributed by atoms with Gasteiger partial charge in [0.15, 0.2) is 5.82 Å². The Hall–Kier alpha value is -3.81. The van der Waals surface area contributed by atoms with Gasteiger partial charge in [-0.2, -0.15) is 0 Å². The SMILES string of the molecule is CCc1cc(C(=O)N2CCC[C@@H](NC(=O)OC(C)(C)C)C2)cc2nc(-c3cc4ccccc4n3CC)n(C)c12. The molecule has 1 N–H and O–H groups in total. The number of hydrogen-bond acceptors (Lipinski definition) is 4. The molecule has 2 aromatic carbocycles. The lowest BCUT2D eigenvalue weighted by Crippen LogP contribution is -2.50. The molecule has 1 aliphatic rings. The molecule has 1 fully saturated rings. The van der Waals surface area contributed by atoms with Crippen LogP contribution in [-0.2, 0) is 24.8 Å². The van der Waals surface area contributed by atoms with Crippen LogP contribution in [-0.4, -0.2) is 55.8 Å². The van der Waals surface area contributed by atoms with Crippen LogP contribution in [0.2, 0.25) is 0 Å². The number of piperidine rings is 1. The first kappa shape index (κ1) is 26.8. The highest BCUT2D eigenvalue weighted by atomic mass is 16.6. The Morgan fingerprint density at radius 1 is 1.13 bits per heavy atom. The number of nitrogens with zero attached hydrogens (tertiary/aromatic N) is 4. The van der Waals surface area contributed by atoms with Gasteiger partial charge in [0, 0.05) is 49.2 Å². The van der Waals surface area contributed by atoms with Crippen molar-refractivity contribution in [3.05, 3.63) is 53.6 Å². The number of likely N-dealkylation sites (tertiary alicyclic amines) is 1. The second-order valence-electron chi connectivity index (χ2n) is 11.4. The van der Waals surface area contributed by atoms with Crippen LogP contribution in [0.15, 0.2) is 42.5 Å². The lowest BCUT2D eigenvalue weighted by Gasteiger charge is -2.33. The lowest BCUT2D eigenvalue weighted by molar-refractivity contribution is 0.0452. The van der Waals surface area contributed by atoms with Gasteiger partial charge in [0.1, 0.15) is 5.60 Å². The molecule has 0 unspecified atom stereocenters. The highest BCUT2D eigenvalue weighted by molar-refractivity contribution is 5.99. The molecule has 4 aromatic rings. The molecule has 2 amide bonds. The van der Waals surface area contributed by atoms with Gasteiger partial charge in [0.2, 0.25) is 0 Å². The molecule has 5 rings (SSSR count). The van der Waals surface area contributed by atoms with Crippen LogP contribution < -0.4 is 5.32 Å². The van der Waals surface area contributed by atoms with Crippen LogP contribution in [0.3, 0.4) is 0 Å². The number of carbonyl (C=O) groups excluding carboxylic acids is 2. The molecule has 8 nitrogen and oxygen atoms in total. The molecule has 1 aliphatic heterocycles. The first-order valence-electron chi connectivity index (χ1n) is 14.0. The summed E-state index contributed by atoms with van der Waals surface area (Å²) in [5, 5.41) is 4.13. The van der Waals surface area contributed by atoms with Gasteiger partial charge in [0.05, 0.1) is 16.7 Å². The Bertz CT molecular complexity index is 1540. The molecular formula is C31H39N5O3. The van der Waals surface area contributed by atoms with Crippen molar-refractivity contribution in [2.24, 2.45) is 7.05 Å². The van der Waals surface area contributed by atoms with Crippen molar-refractivity contribution in [3.8, 4) is 11.5 Å². The van der Waals surface area contributed by atoms with E-state index in [-0.39, 0.29) is 11.9 Å². The Balaban J connectivity index is 1.46. The average Bonchev–Trinajstić information content (AvgIpc) is 3.43. The number of aryl methyl sites for hydroxylation is 3. The Morgan fingerprint density at radius 3 is 2.62 bits per heavy atom. The number of hydrogen-bond donors (Lipinski definition) is 1. The van der Waals surface area contributed by atoms with E-state index in [9.17, 15) is 9.59 Å². The molecule has 1 saturated heterocycles. The largest absolute Gasteiger partial charge is 0.444 e. The zero-order chi connectivity index (χ0) is 27.9. The molecule has 0 aliphatic carbocycles. The van der Waals surface area contributed by atoms with Crippen LogP contribution in [0.25, 0.3) is 33.5 Å². The number of imidazole rings is 1. The third-order valence-electron chi connectivity index (χ3n) is 7.46. The van der Waals surface area contributed by atoms with E-state index in [1.165, 1.54) is 10.9 Å². The third kappa shape index (κ3) is 5.24. The van der Waals surface area contributed by atoms with Gasteiger partial charge in [0.25, 0.3) is 5.91 Å². The van der Waals surface area contributed by atoms with E-state index in [1.54, 1.807) is 0 Å². The Morgan fingerprint density at radius 2 is 1.90 bits per heavy atom. The van der Waals surface area contributed by atoms with Crippen LogP contribution in [0, 0.1) is 0 Å². The number of nitrogens with one attached hydrogen (secondary N) is 1. The van der Waals surface area contributed by atoms with E-state index >= 15 is 0 Å². The molecule has 0 bridgehead atoms. The van der Waals surface area contributed by atoms with E-state index in [4.69, 9.17) is 9.72 Å². The van der Waals surface area contributed by atoms with Crippen LogP contribution in [0.4, 0.5) is 4.79 Å². The molecule has 39 heavy (non-hydrogen) atoms. The number of aromatic nitrogens is 3. The molecule has 206 valence electrons. The number of fused-ring (bicyclic) bond motifs is 2. The summed E-state index contributed by atoms with van der Waals surface area (Å²) in [5.41, 5.74) is 5.30. The van der Waals surface area contributed by atoms with Crippen LogP contribution in [0.1, 0.15) is 63.4 Å². The summed E-state index contributed by atoms with van der Waals surface area (Å²) >= 11 is 0. The van der Waals surface area contributed by atoms with E-state index in [2.05, 4.69) is 65.7 Å². The molecule has 8 heteroatoms. The van der Waals surface area contributed by atoms with E-state index in [0.717, 1.165) is 53.9 Å². The van der Waals surface area contributed by atoms with Gasteiger partial charge in [-0.15, -0.1) is 0 Å². The van der Waals surface area contributed by atoms with Crippen molar-refractivity contribution in [2.75, 3.05) is 13.1 Å². The van der Waals surface area contributed by atoms with Gasteiger partial charge in [-0.1, -0.05) is 25.1 Å². The van der Waals surface area contributed by atoms with Crippen LogP contribution >= 0.6 is 0 Å². The maximum Gasteiger partial charge on any atom is 0.407 e. The number of para-hydroxylation sites is 1. The predicted octanol–water partition coefficient (Wildman–Crippen LogP) is 5.91. The van der Waals surface area contributed by atoms with Gasteiger partial charge in [-0.05, 0) is 76.8 Å². The van der Waals surface area contributed by atoms with Gasteiger partial charge >= 0.3 is 6.09 Å². The first-order valence-corrected chi connectivity index (χ1v) is 14.0. The summed E-state index contributed by atoms with van der Waals surface area (Å²) in [4.78, 5) is 32.9. The van der Waals surface area contributed by atoms with E-state index < -0.39 is 11.7 Å². The number of rotatable bonds is 5. The second kappa shape index (κ2) is 10.4. The normalized spacial score (nSPS) is 16.2. The highest BCUT2D eigenvalue weighted by Gasteiger charge is 2.28. The number of amides is 2.